The standard InChI is InChI=1S/C39H69N11O14/c1-18(2)14-25(48-33(57)22(41)17-51)37(61)49-30(19(3)4)38(62)47-24(11-12-27(42)52)34(58)44-21(7)32(56)43-16-28(53)45-26(15-29(54)55)36(60)46-23(10-8-9-13-40)35(59)50-31(20(5)6)39(63)64/h18-26,30-31,51H,8-17,40-41H2,1-7H3,(H2,42,52)(H,43,56)(H,44,58)(H,45,53)(H,46,60)(H,47,62)(H,48,57)(H,49,61)(H,50,59)(H,54,55)(H,63,64)/t21-,22-,23-,24-,25-,26-,30-,31-/m0/s1. The molecule has 0 rings (SSSR count). The lowest BCUT2D eigenvalue weighted by Gasteiger charge is -2.28. The molecule has 8 atom stereocenters. The summed E-state index contributed by atoms with van der Waals surface area (Å²) in [4.78, 5) is 140. The Bertz CT molecular complexity index is 1640. The summed E-state index contributed by atoms with van der Waals surface area (Å²) in [6, 6.07) is -11.0. The molecule has 0 aliphatic heterocycles. The summed E-state index contributed by atoms with van der Waals surface area (Å²) in [5.41, 5.74) is 16.4. The van der Waals surface area contributed by atoms with Gasteiger partial charge in [0.1, 0.15) is 48.3 Å². The van der Waals surface area contributed by atoms with E-state index >= 15 is 0 Å². The van der Waals surface area contributed by atoms with Gasteiger partial charge in [-0.15, -0.1) is 0 Å². The van der Waals surface area contributed by atoms with Gasteiger partial charge in [-0.05, 0) is 63.3 Å². The molecule has 0 aliphatic rings. The van der Waals surface area contributed by atoms with Gasteiger partial charge in [0.05, 0.1) is 19.6 Å². The van der Waals surface area contributed by atoms with E-state index in [9.17, 15) is 68.1 Å². The van der Waals surface area contributed by atoms with Crippen molar-refractivity contribution in [2.24, 2.45) is 35.0 Å². The van der Waals surface area contributed by atoms with Gasteiger partial charge in [-0.1, -0.05) is 41.5 Å². The molecule has 0 heterocycles. The molecule has 0 aliphatic carbocycles. The van der Waals surface area contributed by atoms with Crippen LogP contribution in [0.2, 0.25) is 0 Å². The number of primary amides is 1. The quantitative estimate of drug-likeness (QED) is 0.0290. The van der Waals surface area contributed by atoms with E-state index in [2.05, 4.69) is 42.5 Å². The number of unbranched alkanes of at least 4 members (excludes halogenated alkanes) is 1. The summed E-state index contributed by atoms with van der Waals surface area (Å²) >= 11 is 0. The Hall–Kier alpha value is -5.95. The molecule has 0 spiro atoms. The van der Waals surface area contributed by atoms with Crippen molar-refractivity contribution in [3.8, 4) is 0 Å². The summed E-state index contributed by atoms with van der Waals surface area (Å²) in [6.45, 7) is 9.80. The minimum atomic E-state index is -1.76. The zero-order valence-electron chi connectivity index (χ0n) is 37.5. The fraction of sp³-hybridized carbons (Fsp3) is 0.718. The van der Waals surface area contributed by atoms with Crippen LogP contribution >= 0.6 is 0 Å². The second-order valence-electron chi connectivity index (χ2n) is 16.4. The van der Waals surface area contributed by atoms with E-state index < -0.39 is 151 Å². The van der Waals surface area contributed by atoms with E-state index in [0.717, 1.165) is 0 Å². The number of aliphatic carboxylic acids is 2. The number of carboxylic acid groups (broad SMARTS) is 2. The first-order chi connectivity index (χ1) is 29.7. The molecule has 17 N–H and O–H groups in total. The highest BCUT2D eigenvalue weighted by atomic mass is 16.4. The first-order valence-corrected chi connectivity index (χ1v) is 20.9. The van der Waals surface area contributed by atoms with Crippen molar-refractivity contribution >= 4 is 65.1 Å². The van der Waals surface area contributed by atoms with Gasteiger partial charge in [0.2, 0.25) is 53.2 Å². The minimum Gasteiger partial charge on any atom is -0.481 e. The van der Waals surface area contributed by atoms with Crippen LogP contribution in [0, 0.1) is 17.8 Å². The lowest BCUT2D eigenvalue weighted by atomic mass is 9.99. The summed E-state index contributed by atoms with van der Waals surface area (Å²) in [7, 11) is 0. The molecule has 9 amide bonds. The number of nitrogens with two attached hydrogens (primary N) is 3. The van der Waals surface area contributed by atoms with E-state index in [1.165, 1.54) is 6.92 Å². The monoisotopic (exact) mass is 916 g/mol. The van der Waals surface area contributed by atoms with Crippen molar-refractivity contribution in [2.45, 2.75) is 142 Å². The third kappa shape index (κ3) is 22.4. The summed E-state index contributed by atoms with van der Waals surface area (Å²) < 4.78 is 0. The molecular formula is C39H69N11O14. The maximum atomic E-state index is 13.5. The maximum Gasteiger partial charge on any atom is 0.326 e. The highest BCUT2D eigenvalue weighted by molar-refractivity contribution is 5.98. The summed E-state index contributed by atoms with van der Waals surface area (Å²) in [5, 5.41) is 47.1. The molecule has 0 saturated carbocycles. The molecule has 364 valence electrons. The third-order valence-electron chi connectivity index (χ3n) is 9.45. The number of rotatable bonds is 31. The van der Waals surface area contributed by atoms with Crippen LogP contribution < -0.4 is 59.7 Å². The Labute approximate surface area is 371 Å². The number of carboxylic acids is 2. The van der Waals surface area contributed by atoms with Crippen molar-refractivity contribution in [1.82, 2.24) is 42.5 Å². The van der Waals surface area contributed by atoms with E-state index in [4.69, 9.17) is 17.2 Å². The lowest BCUT2D eigenvalue weighted by Crippen LogP contribution is -2.60. The Morgan fingerprint density at radius 3 is 1.56 bits per heavy atom. The van der Waals surface area contributed by atoms with E-state index in [0.29, 0.717) is 12.8 Å². The zero-order valence-corrected chi connectivity index (χ0v) is 37.5. The van der Waals surface area contributed by atoms with Crippen molar-refractivity contribution < 1.29 is 68.1 Å². The Kier molecular flexibility index (Phi) is 26.7. The third-order valence-corrected chi connectivity index (χ3v) is 9.45. The number of amides is 9. The number of carbonyl (C=O) groups is 11. The molecule has 64 heavy (non-hydrogen) atoms. The van der Waals surface area contributed by atoms with Crippen LogP contribution in [0.3, 0.4) is 0 Å². The van der Waals surface area contributed by atoms with Crippen LogP contribution in [0.15, 0.2) is 0 Å². The number of hydrogen-bond donors (Lipinski definition) is 14. The molecule has 25 heteroatoms. The molecule has 0 aromatic heterocycles. The number of hydrogen-bond acceptors (Lipinski definition) is 14. The molecule has 0 aromatic rings. The van der Waals surface area contributed by atoms with Gasteiger partial charge in [0.15, 0.2) is 0 Å². The van der Waals surface area contributed by atoms with Crippen LogP contribution in [0.1, 0.15) is 93.4 Å². The number of aliphatic hydroxyl groups is 1. The smallest absolute Gasteiger partial charge is 0.326 e. The van der Waals surface area contributed by atoms with Gasteiger partial charge >= 0.3 is 11.9 Å². The van der Waals surface area contributed by atoms with Gasteiger partial charge in [0.25, 0.3) is 0 Å². The predicted molar refractivity (Wildman–Crippen MR) is 228 cm³/mol. The first-order valence-electron chi connectivity index (χ1n) is 20.9. The van der Waals surface area contributed by atoms with Crippen molar-refractivity contribution in [3.05, 3.63) is 0 Å². The largest absolute Gasteiger partial charge is 0.481 e. The van der Waals surface area contributed by atoms with Crippen LogP contribution in [-0.4, -0.2) is 148 Å². The second-order valence-corrected chi connectivity index (χ2v) is 16.4. The average molecular weight is 916 g/mol. The van der Waals surface area contributed by atoms with Gasteiger partial charge in [-0.2, -0.15) is 0 Å². The molecule has 0 fully saturated rings. The minimum absolute atomic E-state index is 0.00299. The van der Waals surface area contributed by atoms with Gasteiger partial charge in [-0.25, -0.2) is 4.79 Å². The molecule has 0 saturated heterocycles. The summed E-state index contributed by atoms with van der Waals surface area (Å²) in [6.07, 6.45) is -0.787. The summed E-state index contributed by atoms with van der Waals surface area (Å²) in [5.74, 6) is -12.3. The van der Waals surface area contributed by atoms with Crippen LogP contribution in [0.25, 0.3) is 0 Å². The van der Waals surface area contributed by atoms with Crippen LogP contribution in [0.5, 0.6) is 0 Å². The molecule has 0 unspecified atom stereocenters. The maximum absolute atomic E-state index is 13.5. The fourth-order valence-corrected chi connectivity index (χ4v) is 5.80. The van der Waals surface area contributed by atoms with E-state index in [-0.39, 0.29) is 31.7 Å². The molecular weight excluding hydrogens is 846 g/mol. The predicted octanol–water partition coefficient (Wildman–Crippen LogP) is -4.85. The van der Waals surface area contributed by atoms with Gasteiger partial charge < -0.3 is 75.1 Å². The second kappa shape index (κ2) is 29.4. The lowest BCUT2D eigenvalue weighted by molar-refractivity contribution is -0.144. The van der Waals surface area contributed by atoms with Gasteiger partial charge in [-0.3, -0.25) is 47.9 Å². The first kappa shape index (κ1) is 58.0. The zero-order chi connectivity index (χ0) is 49.4. The van der Waals surface area contributed by atoms with E-state index in [1.54, 1.807) is 41.5 Å². The van der Waals surface area contributed by atoms with Crippen molar-refractivity contribution in [3.63, 3.8) is 0 Å². The fourth-order valence-electron chi connectivity index (χ4n) is 5.80. The molecule has 0 aromatic carbocycles. The van der Waals surface area contributed by atoms with Crippen molar-refractivity contribution in [2.75, 3.05) is 19.7 Å². The highest BCUT2D eigenvalue weighted by Gasteiger charge is 2.34. The topological polar surface area (TPSA) is 423 Å². The average Bonchev–Trinajstić information content (AvgIpc) is 3.19. The Morgan fingerprint density at radius 2 is 1.06 bits per heavy atom. The normalized spacial score (nSPS) is 14.9. The van der Waals surface area contributed by atoms with Gasteiger partial charge in [0, 0.05) is 6.42 Å². The number of carbonyl (C=O) groups excluding carboxylic acids is 9. The number of nitrogens with one attached hydrogen (secondary N) is 8. The number of aliphatic hydroxyl groups excluding tert-OH is 1. The molecule has 0 bridgehead atoms. The molecule has 25 nitrogen and oxygen atoms in total. The molecule has 0 radical (unpaired) electrons. The Balaban J connectivity index is 5.91. The van der Waals surface area contributed by atoms with Crippen LogP contribution in [-0.2, 0) is 52.7 Å². The highest BCUT2D eigenvalue weighted by Crippen LogP contribution is 2.11. The Morgan fingerprint density at radius 1 is 0.562 bits per heavy atom. The van der Waals surface area contributed by atoms with E-state index in [1.807, 2.05) is 0 Å². The van der Waals surface area contributed by atoms with Crippen LogP contribution in [0.4, 0.5) is 0 Å². The van der Waals surface area contributed by atoms with Crippen molar-refractivity contribution in [1.29, 1.82) is 0 Å². The SMILES string of the molecule is CC(C)C[C@H](NC(=O)[C@@H](N)CO)C(=O)N[C@H](C(=O)N[C@@H](CCC(N)=O)C(=O)N[C@@H](C)C(=O)NCC(=O)N[C@@H](CC(=O)O)C(=O)N[C@@H](CCCCN)C(=O)N[C@H](C(=O)O)C(C)C)C(C)C.